The number of anilines is 1. The number of aromatic amines is 1. The molecule has 3 aromatic heterocycles. The lowest BCUT2D eigenvalue weighted by Crippen LogP contribution is -2.15. The molecule has 4 rings (SSSR count). The van der Waals surface area contributed by atoms with E-state index >= 15 is 0 Å². The van der Waals surface area contributed by atoms with Gasteiger partial charge in [-0.25, -0.2) is 22.2 Å². The summed E-state index contributed by atoms with van der Waals surface area (Å²) in [5, 5.41) is 7.09. The molecule has 0 spiro atoms. The third kappa shape index (κ3) is 3.80. The van der Waals surface area contributed by atoms with Gasteiger partial charge in [0.15, 0.2) is 11.5 Å². The molecule has 0 aliphatic carbocycles. The maximum Gasteiger partial charge on any atom is 0.265 e. The van der Waals surface area contributed by atoms with Crippen molar-refractivity contribution < 1.29 is 17.2 Å². The van der Waals surface area contributed by atoms with E-state index in [9.17, 15) is 17.2 Å². The minimum atomic E-state index is -4.26. The average molecular weight is 446 g/mol. The van der Waals surface area contributed by atoms with E-state index in [0.717, 1.165) is 18.3 Å². The molecule has 3 heterocycles. The minimum Gasteiger partial charge on any atom is -0.277 e. The predicted molar refractivity (Wildman–Crippen MR) is 106 cm³/mol. The quantitative estimate of drug-likeness (QED) is 0.470. The Balaban J connectivity index is 1.70. The number of halogens is 3. The molecule has 2 N–H and O–H groups in total. The lowest BCUT2D eigenvalue weighted by atomic mass is 10.1. The zero-order valence-electron chi connectivity index (χ0n) is 14.8. The van der Waals surface area contributed by atoms with Crippen molar-refractivity contribution in [2.24, 2.45) is 0 Å². The Kier molecular flexibility index (Phi) is 5.07. The fourth-order valence-electron chi connectivity index (χ4n) is 2.55. The van der Waals surface area contributed by atoms with Crippen LogP contribution in [-0.4, -0.2) is 28.6 Å². The van der Waals surface area contributed by atoms with Crippen molar-refractivity contribution in [3.8, 4) is 11.8 Å². The van der Waals surface area contributed by atoms with Crippen LogP contribution in [0.3, 0.4) is 0 Å². The highest BCUT2D eigenvalue weighted by Crippen LogP contribution is 2.26. The molecule has 0 saturated carbocycles. The van der Waals surface area contributed by atoms with Crippen LogP contribution in [-0.2, 0) is 10.0 Å². The predicted octanol–water partition coefficient (Wildman–Crippen LogP) is 3.49. The van der Waals surface area contributed by atoms with Crippen LogP contribution in [0.15, 0.2) is 53.9 Å². The van der Waals surface area contributed by atoms with Crippen LogP contribution >= 0.6 is 11.6 Å². The van der Waals surface area contributed by atoms with Gasteiger partial charge in [0, 0.05) is 29.5 Å². The van der Waals surface area contributed by atoms with Crippen LogP contribution < -0.4 is 4.72 Å². The van der Waals surface area contributed by atoms with Crippen LogP contribution in [0.25, 0.3) is 11.0 Å². The molecule has 0 saturated heterocycles. The van der Waals surface area contributed by atoms with Gasteiger partial charge < -0.3 is 0 Å². The number of aromatic nitrogens is 4. The third-order valence-electron chi connectivity index (χ3n) is 3.98. The molecule has 4 aromatic rings. The second-order valence-corrected chi connectivity index (χ2v) is 8.04. The number of H-pyrrole nitrogens is 1. The Morgan fingerprint density at radius 2 is 1.93 bits per heavy atom. The first-order valence-corrected chi connectivity index (χ1v) is 10.1. The molecular weight excluding hydrogens is 436 g/mol. The highest BCUT2D eigenvalue weighted by atomic mass is 35.5. The largest absolute Gasteiger partial charge is 0.277 e. The van der Waals surface area contributed by atoms with Crippen LogP contribution in [0.4, 0.5) is 14.5 Å². The smallest absolute Gasteiger partial charge is 0.265 e. The monoisotopic (exact) mass is 445 g/mol. The first-order valence-electron chi connectivity index (χ1n) is 8.26. The highest BCUT2D eigenvalue weighted by molar-refractivity contribution is 7.92. The summed E-state index contributed by atoms with van der Waals surface area (Å²) in [6.45, 7) is 0. The summed E-state index contributed by atoms with van der Waals surface area (Å²) in [7, 11) is -4.26. The molecule has 30 heavy (non-hydrogen) atoms. The Labute approximate surface area is 174 Å². The van der Waals surface area contributed by atoms with Crippen LogP contribution in [0, 0.1) is 23.5 Å². The Hall–Kier alpha value is -3.55. The first kappa shape index (κ1) is 19.8. The molecule has 0 fully saturated rings. The molecular formula is C19H10ClF2N5O2S. The van der Waals surface area contributed by atoms with E-state index in [4.69, 9.17) is 11.6 Å². The SMILES string of the molecule is O=S(=O)(Nc1ccc(F)c(C#Cc2cnc3[nH]ncc3c2)c1F)c1cnccc1Cl. The number of benzene rings is 1. The first-order chi connectivity index (χ1) is 14.3. The number of rotatable bonds is 3. The van der Waals surface area contributed by atoms with Crippen LogP contribution in [0.5, 0.6) is 0 Å². The molecule has 11 heteroatoms. The normalized spacial score (nSPS) is 11.2. The fourth-order valence-corrected chi connectivity index (χ4v) is 4.04. The summed E-state index contributed by atoms with van der Waals surface area (Å²) in [6, 6.07) is 4.79. The molecule has 1 aromatic carbocycles. The van der Waals surface area contributed by atoms with E-state index in [-0.39, 0.29) is 9.92 Å². The number of nitrogens with one attached hydrogen (secondary N) is 2. The fraction of sp³-hybridized carbons (Fsp3) is 0. The van der Waals surface area contributed by atoms with Crippen molar-refractivity contribution >= 4 is 38.3 Å². The van der Waals surface area contributed by atoms with Crippen molar-refractivity contribution in [2.75, 3.05) is 4.72 Å². The standard InChI is InChI=1S/C19H10ClF2N5O2S/c20-14-5-6-23-10-17(14)30(28,29)27-16-4-3-15(21)13(18(16)22)2-1-11-7-12-9-25-26-19(12)24-8-11/h3-10,27H,(H,24,25,26). The van der Waals surface area contributed by atoms with Gasteiger partial charge in [-0.15, -0.1) is 0 Å². The summed E-state index contributed by atoms with van der Waals surface area (Å²) >= 11 is 5.87. The van der Waals surface area contributed by atoms with Crippen molar-refractivity contribution in [2.45, 2.75) is 4.90 Å². The lowest BCUT2D eigenvalue weighted by molar-refractivity contribution is 0.578. The number of sulfonamides is 1. The molecule has 0 aliphatic heterocycles. The summed E-state index contributed by atoms with van der Waals surface area (Å²) in [4.78, 5) is 7.44. The van der Waals surface area contributed by atoms with Gasteiger partial charge in [0.25, 0.3) is 10.0 Å². The molecule has 0 amide bonds. The van der Waals surface area contributed by atoms with Crippen LogP contribution in [0.1, 0.15) is 11.1 Å². The van der Waals surface area contributed by atoms with Crippen molar-refractivity contribution in [1.82, 2.24) is 20.2 Å². The maximum absolute atomic E-state index is 14.8. The van der Waals surface area contributed by atoms with E-state index in [2.05, 4.69) is 32.0 Å². The van der Waals surface area contributed by atoms with Gasteiger partial charge in [0.05, 0.1) is 22.5 Å². The molecule has 0 aliphatic rings. The van der Waals surface area contributed by atoms with Crippen molar-refractivity contribution in [1.29, 1.82) is 0 Å². The van der Waals surface area contributed by atoms with Gasteiger partial charge in [-0.1, -0.05) is 23.4 Å². The third-order valence-corrected chi connectivity index (χ3v) is 5.82. The zero-order valence-corrected chi connectivity index (χ0v) is 16.4. The molecule has 0 bridgehead atoms. The number of fused-ring (bicyclic) bond motifs is 1. The van der Waals surface area contributed by atoms with Gasteiger partial charge in [-0.3, -0.25) is 14.8 Å². The van der Waals surface area contributed by atoms with Gasteiger partial charge in [0.2, 0.25) is 0 Å². The summed E-state index contributed by atoms with van der Waals surface area (Å²) in [5.41, 5.74) is -0.136. The number of pyridine rings is 2. The van der Waals surface area contributed by atoms with E-state index in [1.807, 2.05) is 4.72 Å². The second kappa shape index (κ2) is 7.70. The van der Waals surface area contributed by atoms with Gasteiger partial charge in [-0.05, 0) is 24.3 Å². The van der Waals surface area contributed by atoms with Gasteiger partial charge >= 0.3 is 0 Å². The highest BCUT2D eigenvalue weighted by Gasteiger charge is 2.21. The van der Waals surface area contributed by atoms with Gasteiger partial charge in [-0.2, -0.15) is 5.10 Å². The van der Waals surface area contributed by atoms with E-state index in [0.29, 0.717) is 16.6 Å². The van der Waals surface area contributed by atoms with Crippen LogP contribution in [0.2, 0.25) is 5.02 Å². The number of hydrogen-bond donors (Lipinski definition) is 2. The van der Waals surface area contributed by atoms with E-state index < -0.39 is 32.9 Å². The summed E-state index contributed by atoms with van der Waals surface area (Å²) in [6.07, 6.45) is 5.28. The Morgan fingerprint density at radius 1 is 1.10 bits per heavy atom. The Morgan fingerprint density at radius 3 is 2.73 bits per heavy atom. The van der Waals surface area contributed by atoms with E-state index in [1.165, 1.54) is 24.7 Å². The topological polar surface area (TPSA) is 101 Å². The van der Waals surface area contributed by atoms with Crippen molar-refractivity contribution in [3.05, 3.63) is 76.8 Å². The summed E-state index contributed by atoms with van der Waals surface area (Å²) < 4.78 is 56.1. The molecule has 0 radical (unpaired) electrons. The van der Waals surface area contributed by atoms with Gasteiger partial charge in [0.1, 0.15) is 10.7 Å². The molecule has 0 atom stereocenters. The number of nitrogens with zero attached hydrogens (tertiary/aromatic N) is 3. The lowest BCUT2D eigenvalue weighted by Gasteiger charge is -2.11. The average Bonchev–Trinajstić information content (AvgIpc) is 3.18. The Bertz CT molecular complexity index is 1440. The number of hydrogen-bond acceptors (Lipinski definition) is 5. The molecule has 7 nitrogen and oxygen atoms in total. The molecule has 150 valence electrons. The van der Waals surface area contributed by atoms with Crippen molar-refractivity contribution in [3.63, 3.8) is 0 Å². The summed E-state index contributed by atoms with van der Waals surface area (Å²) in [5.74, 6) is 2.89. The minimum absolute atomic E-state index is 0.0952. The van der Waals surface area contributed by atoms with E-state index in [1.54, 1.807) is 6.07 Å². The maximum atomic E-state index is 14.8. The molecule has 0 unspecified atom stereocenters. The zero-order chi connectivity index (χ0) is 21.3. The second-order valence-electron chi connectivity index (χ2n) is 5.98.